The summed E-state index contributed by atoms with van der Waals surface area (Å²) in [5.41, 5.74) is 3.72. The molecule has 4 N–H and O–H groups in total. The molecule has 1 aromatic carbocycles. The number of rotatable bonds is 6. The molecule has 0 bridgehead atoms. The fourth-order valence-corrected chi connectivity index (χ4v) is 3.32. The molecule has 0 aliphatic carbocycles. The molecular formula is C18H20FN3O5. The molecule has 9 heteroatoms. The van der Waals surface area contributed by atoms with Gasteiger partial charge in [-0.25, -0.2) is 9.37 Å². The maximum Gasteiger partial charge on any atom is 0.257 e. The second-order valence-corrected chi connectivity index (χ2v) is 6.37. The number of amides is 2. The number of hydrogen-bond donors (Lipinski definition) is 3. The van der Waals surface area contributed by atoms with E-state index in [1.807, 2.05) is 0 Å². The molecular weight excluding hydrogens is 357 g/mol. The Hall–Kier alpha value is -2.94. The molecule has 2 heterocycles. The highest BCUT2D eigenvalue weighted by atomic mass is 19.1. The van der Waals surface area contributed by atoms with Gasteiger partial charge in [0.05, 0.1) is 18.6 Å². The Labute approximate surface area is 154 Å². The molecule has 1 fully saturated rings. The molecule has 1 saturated heterocycles. The Morgan fingerprint density at radius 2 is 2.22 bits per heavy atom. The van der Waals surface area contributed by atoms with Gasteiger partial charge in [-0.3, -0.25) is 9.59 Å². The lowest BCUT2D eigenvalue weighted by Gasteiger charge is -2.28. The minimum absolute atomic E-state index is 0.140. The number of nitrogens with one attached hydrogen (secondary N) is 1. The summed E-state index contributed by atoms with van der Waals surface area (Å²) in [6, 6.07) is 4.75. The summed E-state index contributed by atoms with van der Waals surface area (Å²) in [6.07, 6.45) is -0.0951. The second kappa shape index (κ2) is 6.99. The molecule has 0 spiro atoms. The van der Waals surface area contributed by atoms with Crippen molar-refractivity contribution in [2.75, 3.05) is 13.7 Å². The lowest BCUT2D eigenvalue weighted by molar-refractivity contribution is -0.125. The fraction of sp³-hybridized carbons (Fsp3) is 0.389. The largest absolute Gasteiger partial charge is 0.496 e. The van der Waals surface area contributed by atoms with Gasteiger partial charge in [-0.2, -0.15) is 0 Å². The van der Waals surface area contributed by atoms with Gasteiger partial charge in [0.1, 0.15) is 12.4 Å². The molecule has 0 radical (unpaired) electrons. The SMILES string of the molecule is CCC1C(F)C(=O)NC1(O)COc1nccc2cc(C(N)=O)c(OC)cc12. The average Bonchev–Trinajstić information content (AvgIpc) is 2.87. The van der Waals surface area contributed by atoms with Crippen LogP contribution in [0.5, 0.6) is 11.6 Å². The Kier molecular flexibility index (Phi) is 4.88. The van der Waals surface area contributed by atoms with E-state index in [-0.39, 0.29) is 30.2 Å². The first kappa shape index (κ1) is 18.8. The van der Waals surface area contributed by atoms with Crippen molar-refractivity contribution in [2.24, 2.45) is 11.7 Å². The molecule has 144 valence electrons. The van der Waals surface area contributed by atoms with Crippen LogP contribution >= 0.6 is 0 Å². The predicted octanol–water partition coefficient (Wildman–Crippen LogP) is 0.904. The lowest BCUT2D eigenvalue weighted by Crippen LogP contribution is -2.51. The van der Waals surface area contributed by atoms with Crippen LogP contribution in [-0.4, -0.2) is 47.5 Å². The van der Waals surface area contributed by atoms with Crippen molar-refractivity contribution in [3.63, 3.8) is 0 Å². The predicted molar refractivity (Wildman–Crippen MR) is 94.1 cm³/mol. The molecule has 27 heavy (non-hydrogen) atoms. The third kappa shape index (κ3) is 3.25. The van der Waals surface area contributed by atoms with E-state index >= 15 is 0 Å². The number of alkyl halides is 1. The first-order valence-corrected chi connectivity index (χ1v) is 8.38. The maximum atomic E-state index is 14.0. The topological polar surface area (TPSA) is 124 Å². The van der Waals surface area contributed by atoms with Crippen LogP contribution in [0.4, 0.5) is 4.39 Å². The van der Waals surface area contributed by atoms with Gasteiger partial charge >= 0.3 is 0 Å². The van der Waals surface area contributed by atoms with Crippen molar-refractivity contribution in [3.8, 4) is 11.6 Å². The summed E-state index contributed by atoms with van der Waals surface area (Å²) in [6.45, 7) is 1.29. The molecule has 1 aliphatic heterocycles. The first-order valence-electron chi connectivity index (χ1n) is 8.38. The highest BCUT2D eigenvalue weighted by Gasteiger charge is 2.52. The van der Waals surface area contributed by atoms with E-state index in [9.17, 15) is 19.1 Å². The van der Waals surface area contributed by atoms with Crippen LogP contribution in [0.15, 0.2) is 24.4 Å². The summed E-state index contributed by atoms with van der Waals surface area (Å²) in [7, 11) is 1.40. The summed E-state index contributed by atoms with van der Waals surface area (Å²) in [5.74, 6) is -2.06. The number of pyridine rings is 1. The van der Waals surface area contributed by atoms with E-state index < -0.39 is 29.6 Å². The smallest absolute Gasteiger partial charge is 0.257 e. The lowest BCUT2D eigenvalue weighted by atomic mass is 9.93. The number of benzene rings is 1. The number of fused-ring (bicyclic) bond motifs is 1. The standard InChI is InChI=1S/C18H20FN3O5/c1-3-12-14(19)16(24)22-18(12,25)8-27-17-10-7-13(26-2)11(15(20)23)6-9(10)4-5-21-17/h4-7,12,14,25H,3,8H2,1-2H3,(H2,20,23)(H,22,24). The van der Waals surface area contributed by atoms with Gasteiger partial charge in [-0.1, -0.05) is 6.92 Å². The Morgan fingerprint density at radius 1 is 1.48 bits per heavy atom. The van der Waals surface area contributed by atoms with Crippen molar-refractivity contribution < 1.29 is 28.6 Å². The van der Waals surface area contributed by atoms with Crippen LogP contribution < -0.4 is 20.5 Å². The van der Waals surface area contributed by atoms with Gasteiger partial charge in [-0.15, -0.1) is 0 Å². The summed E-state index contributed by atoms with van der Waals surface area (Å²) < 4.78 is 24.8. The summed E-state index contributed by atoms with van der Waals surface area (Å²) in [4.78, 5) is 27.3. The van der Waals surface area contributed by atoms with E-state index in [1.54, 1.807) is 25.1 Å². The molecule has 3 atom stereocenters. The number of ether oxygens (including phenoxy) is 2. The molecule has 1 aromatic heterocycles. The molecule has 2 amide bonds. The van der Waals surface area contributed by atoms with Gasteiger partial charge in [0.2, 0.25) is 5.88 Å². The highest BCUT2D eigenvalue weighted by Crippen LogP contribution is 2.34. The maximum absolute atomic E-state index is 14.0. The molecule has 3 rings (SSSR count). The zero-order valence-electron chi connectivity index (χ0n) is 14.9. The number of nitrogens with zero attached hydrogens (tertiary/aromatic N) is 1. The van der Waals surface area contributed by atoms with Crippen molar-refractivity contribution in [2.45, 2.75) is 25.2 Å². The monoisotopic (exact) mass is 377 g/mol. The van der Waals surface area contributed by atoms with Crippen molar-refractivity contribution in [3.05, 3.63) is 30.0 Å². The second-order valence-electron chi connectivity index (χ2n) is 6.37. The first-order chi connectivity index (χ1) is 12.8. The van der Waals surface area contributed by atoms with Crippen LogP contribution in [0.3, 0.4) is 0 Å². The number of aromatic nitrogens is 1. The van der Waals surface area contributed by atoms with Gasteiger partial charge < -0.3 is 25.6 Å². The third-order valence-electron chi connectivity index (χ3n) is 4.74. The average molecular weight is 377 g/mol. The van der Waals surface area contributed by atoms with Gasteiger partial charge in [0.15, 0.2) is 11.9 Å². The van der Waals surface area contributed by atoms with Gasteiger partial charge in [0, 0.05) is 11.6 Å². The van der Waals surface area contributed by atoms with E-state index in [0.717, 1.165) is 0 Å². The fourth-order valence-electron chi connectivity index (χ4n) is 3.32. The number of methoxy groups -OCH3 is 1. The Morgan fingerprint density at radius 3 is 2.85 bits per heavy atom. The summed E-state index contributed by atoms with van der Waals surface area (Å²) >= 11 is 0. The number of carbonyl (C=O) groups is 2. The number of hydrogen-bond acceptors (Lipinski definition) is 6. The van der Waals surface area contributed by atoms with Crippen molar-refractivity contribution in [1.82, 2.24) is 10.3 Å². The number of halogens is 1. The van der Waals surface area contributed by atoms with Gasteiger partial charge in [-0.05, 0) is 30.0 Å². The van der Waals surface area contributed by atoms with E-state index in [4.69, 9.17) is 15.2 Å². The molecule has 0 saturated carbocycles. The number of nitrogens with two attached hydrogens (primary N) is 1. The summed E-state index contributed by atoms with van der Waals surface area (Å²) in [5, 5.41) is 14.0. The molecule has 2 aromatic rings. The Bertz CT molecular complexity index is 906. The van der Waals surface area contributed by atoms with E-state index in [1.165, 1.54) is 13.3 Å². The number of primary amides is 1. The van der Waals surface area contributed by atoms with Crippen LogP contribution in [-0.2, 0) is 4.79 Å². The minimum Gasteiger partial charge on any atom is -0.496 e. The third-order valence-corrected chi connectivity index (χ3v) is 4.74. The van der Waals surface area contributed by atoms with E-state index in [2.05, 4.69) is 10.3 Å². The Balaban J connectivity index is 1.94. The normalized spacial score (nSPS) is 24.7. The zero-order valence-corrected chi connectivity index (χ0v) is 14.9. The number of aliphatic hydroxyl groups is 1. The van der Waals surface area contributed by atoms with Crippen molar-refractivity contribution in [1.29, 1.82) is 0 Å². The van der Waals surface area contributed by atoms with Crippen LogP contribution in [0.2, 0.25) is 0 Å². The zero-order chi connectivity index (χ0) is 19.8. The van der Waals surface area contributed by atoms with Crippen molar-refractivity contribution >= 4 is 22.6 Å². The van der Waals surface area contributed by atoms with Crippen LogP contribution in [0, 0.1) is 5.92 Å². The van der Waals surface area contributed by atoms with Gasteiger partial charge in [0.25, 0.3) is 11.8 Å². The molecule has 3 unspecified atom stereocenters. The minimum atomic E-state index is -1.84. The van der Waals surface area contributed by atoms with Crippen LogP contribution in [0.1, 0.15) is 23.7 Å². The molecule has 1 aliphatic rings. The number of carbonyl (C=O) groups excluding carboxylic acids is 2. The highest BCUT2D eigenvalue weighted by molar-refractivity contribution is 6.01. The quantitative estimate of drug-likeness (QED) is 0.687. The van der Waals surface area contributed by atoms with Crippen LogP contribution in [0.25, 0.3) is 10.8 Å². The van der Waals surface area contributed by atoms with E-state index in [0.29, 0.717) is 10.8 Å². The molecule has 8 nitrogen and oxygen atoms in total.